The Kier molecular flexibility index (Phi) is 8.67. The number of sulfone groups is 1. The van der Waals surface area contributed by atoms with Gasteiger partial charge < -0.3 is 14.2 Å². The van der Waals surface area contributed by atoms with Crippen LogP contribution in [0.3, 0.4) is 0 Å². The van der Waals surface area contributed by atoms with Gasteiger partial charge in [0.15, 0.2) is 21.5 Å². The van der Waals surface area contributed by atoms with Crippen molar-refractivity contribution in [2.24, 2.45) is 0 Å². The number of hydrogen-bond acceptors (Lipinski definition) is 10. The van der Waals surface area contributed by atoms with Gasteiger partial charge >= 0.3 is 0 Å². The minimum atomic E-state index is -3.98. The van der Waals surface area contributed by atoms with E-state index in [1.54, 1.807) is 41.2 Å². The molecular formula is C29H28N6O5S. The Labute approximate surface area is 238 Å². The summed E-state index contributed by atoms with van der Waals surface area (Å²) in [5.41, 5.74) is 2.74. The van der Waals surface area contributed by atoms with Gasteiger partial charge in [0.05, 0.1) is 48.8 Å². The molecule has 2 aromatic carbocycles. The first-order valence-corrected chi connectivity index (χ1v) is 14.2. The van der Waals surface area contributed by atoms with Crippen molar-refractivity contribution >= 4 is 9.84 Å². The molecule has 4 rings (SSSR count). The molecule has 41 heavy (non-hydrogen) atoms. The molecule has 0 aliphatic rings. The Morgan fingerprint density at radius 2 is 1.68 bits per heavy atom. The fraction of sp³-hybridized carbons (Fsp3) is 0.276. The van der Waals surface area contributed by atoms with Crippen molar-refractivity contribution in [2.75, 3.05) is 21.3 Å². The standard InChI is InChI=1S/C29H28N6O5S/c1-18-11-22(16-32-15-18)29-34-33-26(35(29)27-24(38-3)7-6-8-25(27)39-4)17-41(36,37)19(2)28(40-5)23-10-9-20(13-30)12-21(23)14-31/h6-12,15-16,19,28H,17H2,1-5H3/t19-,28-/m0/s1. The second-order valence-electron chi connectivity index (χ2n) is 9.23. The highest BCUT2D eigenvalue weighted by atomic mass is 32.2. The van der Waals surface area contributed by atoms with Crippen LogP contribution < -0.4 is 9.47 Å². The minimum absolute atomic E-state index is 0.117. The van der Waals surface area contributed by atoms with Crippen LogP contribution in [0.1, 0.15) is 41.1 Å². The number of rotatable bonds is 10. The van der Waals surface area contributed by atoms with E-state index in [9.17, 15) is 18.9 Å². The molecule has 2 heterocycles. The second-order valence-corrected chi connectivity index (χ2v) is 11.6. The molecule has 0 saturated carbocycles. The third kappa shape index (κ3) is 5.75. The van der Waals surface area contributed by atoms with Crippen molar-refractivity contribution in [2.45, 2.75) is 31.0 Å². The lowest BCUT2D eigenvalue weighted by atomic mass is 9.99. The van der Waals surface area contributed by atoms with Gasteiger partial charge in [-0.3, -0.25) is 9.55 Å². The highest BCUT2D eigenvalue weighted by Crippen LogP contribution is 2.37. The van der Waals surface area contributed by atoms with Crippen molar-refractivity contribution in [1.82, 2.24) is 19.7 Å². The van der Waals surface area contributed by atoms with Crippen molar-refractivity contribution in [1.29, 1.82) is 10.5 Å². The maximum Gasteiger partial charge on any atom is 0.170 e. The molecule has 210 valence electrons. The topological polar surface area (TPSA) is 153 Å². The predicted molar refractivity (Wildman–Crippen MR) is 150 cm³/mol. The lowest BCUT2D eigenvalue weighted by molar-refractivity contribution is 0.102. The quantitative estimate of drug-likeness (QED) is 0.271. The third-order valence-electron chi connectivity index (χ3n) is 6.68. The monoisotopic (exact) mass is 572 g/mol. The number of nitrogens with zero attached hydrogens (tertiary/aromatic N) is 6. The largest absolute Gasteiger partial charge is 0.494 e. The molecule has 0 aliphatic heterocycles. The average Bonchev–Trinajstić information content (AvgIpc) is 3.39. The number of benzene rings is 2. The average molecular weight is 573 g/mol. The van der Waals surface area contributed by atoms with Crippen LogP contribution in [0.15, 0.2) is 54.9 Å². The molecule has 0 spiro atoms. The molecule has 0 radical (unpaired) electrons. The number of pyridine rings is 1. The number of hydrogen-bond donors (Lipinski definition) is 0. The molecular weight excluding hydrogens is 544 g/mol. The highest BCUT2D eigenvalue weighted by Gasteiger charge is 2.35. The number of nitriles is 2. The van der Waals surface area contributed by atoms with Crippen molar-refractivity contribution in [3.8, 4) is 40.7 Å². The molecule has 0 fully saturated rings. The Morgan fingerprint density at radius 1 is 0.976 bits per heavy atom. The van der Waals surface area contributed by atoms with Crippen LogP contribution in [-0.2, 0) is 20.3 Å². The smallest absolute Gasteiger partial charge is 0.170 e. The molecule has 0 unspecified atom stereocenters. The maximum atomic E-state index is 13.9. The number of methoxy groups -OCH3 is 3. The van der Waals surface area contributed by atoms with Crippen LogP contribution >= 0.6 is 0 Å². The summed E-state index contributed by atoms with van der Waals surface area (Å²) in [5.74, 6) is 0.794. The van der Waals surface area contributed by atoms with Crippen LogP contribution in [-0.4, -0.2) is 54.7 Å². The second kappa shape index (κ2) is 12.2. The van der Waals surface area contributed by atoms with Gasteiger partial charge in [0, 0.05) is 25.1 Å². The summed E-state index contributed by atoms with van der Waals surface area (Å²) in [4.78, 5) is 4.26. The molecule has 0 bridgehead atoms. The van der Waals surface area contributed by atoms with Crippen LogP contribution in [0.4, 0.5) is 0 Å². The normalized spacial score (nSPS) is 12.7. The van der Waals surface area contributed by atoms with E-state index in [1.807, 2.05) is 25.1 Å². The fourth-order valence-electron chi connectivity index (χ4n) is 4.60. The summed E-state index contributed by atoms with van der Waals surface area (Å²) in [6, 6.07) is 15.6. The van der Waals surface area contributed by atoms with E-state index in [0.717, 1.165) is 5.56 Å². The molecule has 2 aromatic heterocycles. The van der Waals surface area contributed by atoms with Gasteiger partial charge in [0.2, 0.25) is 0 Å². The van der Waals surface area contributed by atoms with Gasteiger partial charge in [0.1, 0.15) is 22.9 Å². The van der Waals surface area contributed by atoms with Crippen molar-refractivity contribution < 1.29 is 22.6 Å². The fourth-order valence-corrected chi connectivity index (χ4v) is 6.05. The molecule has 4 aromatic rings. The SMILES string of the molecule is COc1cccc(OC)c1-n1c(CS(=O)(=O)[C@@H](C)[C@H](OC)c2ccc(C#N)cc2C#N)nnc1-c1cncc(C)c1. The Balaban J connectivity index is 1.85. The van der Waals surface area contributed by atoms with Crippen LogP contribution in [0.2, 0.25) is 0 Å². The van der Waals surface area contributed by atoms with E-state index >= 15 is 0 Å². The number of aromatic nitrogens is 4. The van der Waals surface area contributed by atoms with E-state index in [-0.39, 0.29) is 17.0 Å². The van der Waals surface area contributed by atoms with E-state index < -0.39 is 26.9 Å². The summed E-state index contributed by atoms with van der Waals surface area (Å²) in [6.07, 6.45) is 2.33. The van der Waals surface area contributed by atoms with Crippen LogP contribution in [0.25, 0.3) is 17.1 Å². The number of ether oxygens (including phenoxy) is 3. The summed E-state index contributed by atoms with van der Waals surface area (Å²) < 4.78 is 46.3. The first-order valence-electron chi connectivity index (χ1n) is 12.4. The van der Waals surface area contributed by atoms with Gasteiger partial charge in [-0.05, 0) is 55.3 Å². The van der Waals surface area contributed by atoms with Crippen molar-refractivity contribution in [3.05, 3.63) is 82.9 Å². The van der Waals surface area contributed by atoms with E-state index in [0.29, 0.717) is 34.1 Å². The number of aryl methyl sites for hydroxylation is 1. The summed E-state index contributed by atoms with van der Waals surface area (Å²) in [7, 11) is 0.401. The molecule has 2 atom stereocenters. The third-order valence-corrected chi connectivity index (χ3v) is 8.72. The molecule has 0 amide bonds. The molecule has 0 saturated heterocycles. The van der Waals surface area contributed by atoms with Gasteiger partial charge in [-0.1, -0.05) is 12.1 Å². The Bertz CT molecular complexity index is 1750. The highest BCUT2D eigenvalue weighted by molar-refractivity contribution is 7.91. The van der Waals surface area contributed by atoms with E-state index in [1.165, 1.54) is 40.4 Å². The minimum Gasteiger partial charge on any atom is -0.494 e. The lowest BCUT2D eigenvalue weighted by Crippen LogP contribution is -2.29. The molecule has 12 heteroatoms. The molecule has 0 N–H and O–H groups in total. The molecule has 0 aliphatic carbocycles. The molecule has 11 nitrogen and oxygen atoms in total. The van der Waals surface area contributed by atoms with E-state index in [2.05, 4.69) is 15.2 Å². The zero-order chi connectivity index (χ0) is 29.7. The Morgan fingerprint density at radius 3 is 2.27 bits per heavy atom. The summed E-state index contributed by atoms with van der Waals surface area (Å²) >= 11 is 0. The lowest BCUT2D eigenvalue weighted by Gasteiger charge is -2.24. The number of para-hydroxylation sites is 1. The predicted octanol–water partition coefficient (Wildman–Crippen LogP) is 4.09. The van der Waals surface area contributed by atoms with Gasteiger partial charge in [0.25, 0.3) is 0 Å². The van der Waals surface area contributed by atoms with Crippen LogP contribution in [0, 0.1) is 29.6 Å². The maximum absolute atomic E-state index is 13.9. The van der Waals surface area contributed by atoms with E-state index in [4.69, 9.17) is 14.2 Å². The first-order chi connectivity index (χ1) is 19.7. The summed E-state index contributed by atoms with van der Waals surface area (Å²) in [5, 5.41) is 26.5. The summed E-state index contributed by atoms with van der Waals surface area (Å²) in [6.45, 7) is 3.40. The van der Waals surface area contributed by atoms with Gasteiger partial charge in [-0.15, -0.1) is 10.2 Å². The first kappa shape index (κ1) is 29.2. The van der Waals surface area contributed by atoms with Crippen molar-refractivity contribution in [3.63, 3.8) is 0 Å². The zero-order valence-corrected chi connectivity index (χ0v) is 24.0. The van der Waals surface area contributed by atoms with Gasteiger partial charge in [-0.2, -0.15) is 10.5 Å². The zero-order valence-electron chi connectivity index (χ0n) is 23.2. The Hall–Kier alpha value is -4.78. The van der Waals surface area contributed by atoms with Gasteiger partial charge in [-0.25, -0.2) is 8.42 Å². The van der Waals surface area contributed by atoms with Crippen LogP contribution in [0.5, 0.6) is 11.5 Å².